The average molecular weight is 430 g/mol. The van der Waals surface area contributed by atoms with Crippen molar-refractivity contribution in [2.45, 2.75) is 37.5 Å². The second-order valence-electron chi connectivity index (χ2n) is 7.90. The van der Waals surface area contributed by atoms with E-state index in [0.717, 1.165) is 66.1 Å². The van der Waals surface area contributed by atoms with Gasteiger partial charge in [0.2, 0.25) is 0 Å². The van der Waals surface area contributed by atoms with Crippen LogP contribution in [0.5, 0.6) is 11.5 Å². The molecule has 0 radical (unpaired) electrons. The first-order valence-electron chi connectivity index (χ1n) is 10.5. The Kier molecular flexibility index (Phi) is 6.39. The van der Waals surface area contributed by atoms with E-state index in [9.17, 15) is 9.50 Å². The summed E-state index contributed by atoms with van der Waals surface area (Å²) in [5, 5.41) is 17.9. The first-order chi connectivity index (χ1) is 14.6. The van der Waals surface area contributed by atoms with E-state index in [0.29, 0.717) is 18.1 Å². The highest BCUT2D eigenvalue weighted by Gasteiger charge is 2.36. The molecule has 1 saturated heterocycles. The Morgan fingerprint density at radius 1 is 1.20 bits per heavy atom. The molecular weight excluding hydrogens is 401 g/mol. The molecule has 3 aromatic rings. The van der Waals surface area contributed by atoms with E-state index in [1.165, 1.54) is 12.1 Å². The van der Waals surface area contributed by atoms with Crippen molar-refractivity contribution in [3.8, 4) is 11.5 Å². The number of phenols is 1. The smallest absolute Gasteiger partial charge is 0.183 e. The Balaban J connectivity index is 1.48. The summed E-state index contributed by atoms with van der Waals surface area (Å²) in [7, 11) is 1.87. The second kappa shape index (κ2) is 9.18. The third kappa shape index (κ3) is 4.52. The Morgan fingerprint density at radius 2 is 1.97 bits per heavy atom. The minimum Gasteiger partial charge on any atom is -0.508 e. The Morgan fingerprint density at radius 3 is 2.70 bits per heavy atom. The molecule has 30 heavy (non-hydrogen) atoms. The number of ether oxygens (including phenoxy) is 1. The number of anilines is 1. The van der Waals surface area contributed by atoms with Crippen LogP contribution >= 0.6 is 11.3 Å². The van der Waals surface area contributed by atoms with Gasteiger partial charge >= 0.3 is 0 Å². The van der Waals surface area contributed by atoms with Crippen LogP contribution in [0.4, 0.5) is 9.52 Å². The van der Waals surface area contributed by atoms with Crippen LogP contribution in [-0.4, -0.2) is 36.8 Å². The minimum atomic E-state index is -0.254. The Hall–Kier alpha value is -2.38. The predicted octanol–water partition coefficient (Wildman–Crippen LogP) is 5.05. The number of hydrogen-bond donors (Lipinski definition) is 3. The highest BCUT2D eigenvalue weighted by atomic mass is 32.1. The minimum absolute atomic E-state index is 0.00278. The van der Waals surface area contributed by atoms with Gasteiger partial charge in [-0.3, -0.25) is 0 Å². The number of halogens is 1. The van der Waals surface area contributed by atoms with E-state index < -0.39 is 0 Å². The third-order valence-corrected chi connectivity index (χ3v) is 6.98. The molecule has 0 amide bonds. The molecule has 0 unspecified atom stereocenters. The van der Waals surface area contributed by atoms with Crippen LogP contribution in [0.25, 0.3) is 10.2 Å². The summed E-state index contributed by atoms with van der Waals surface area (Å²) in [6, 6.07) is 9.88. The van der Waals surface area contributed by atoms with Crippen molar-refractivity contribution < 1.29 is 14.2 Å². The molecule has 0 saturated carbocycles. The van der Waals surface area contributed by atoms with Crippen molar-refractivity contribution in [2.24, 2.45) is 0 Å². The summed E-state index contributed by atoms with van der Waals surface area (Å²) in [4.78, 5) is 4.80. The van der Waals surface area contributed by atoms with Gasteiger partial charge in [0.05, 0.1) is 16.8 Å². The summed E-state index contributed by atoms with van der Waals surface area (Å²) in [5.41, 5.74) is 2.17. The van der Waals surface area contributed by atoms with E-state index >= 15 is 0 Å². The number of thiazole rings is 1. The first kappa shape index (κ1) is 20.9. The number of hydrogen-bond acceptors (Lipinski definition) is 6. The molecule has 3 N–H and O–H groups in total. The standard InChI is InChI=1S/C23H28FN3O2S/c1-25-22-27-21-19(14-17(28)15-20(21)30-22)23(9-11-26-12-10-23)8-2-3-13-29-18-6-4-16(24)5-7-18/h4-7,14-15,26,28H,2-3,8-13H2,1H3,(H,25,27). The number of aromatic hydroxyl groups is 1. The van der Waals surface area contributed by atoms with Crippen molar-refractivity contribution in [3.63, 3.8) is 0 Å². The van der Waals surface area contributed by atoms with Gasteiger partial charge in [-0.15, -0.1) is 0 Å². The fourth-order valence-electron chi connectivity index (χ4n) is 4.37. The third-order valence-electron chi connectivity index (χ3n) is 5.96. The van der Waals surface area contributed by atoms with Crippen LogP contribution in [0.2, 0.25) is 0 Å². The van der Waals surface area contributed by atoms with Crippen LogP contribution in [0.3, 0.4) is 0 Å². The molecule has 5 nitrogen and oxygen atoms in total. The number of benzene rings is 2. The van der Waals surface area contributed by atoms with Crippen molar-refractivity contribution >= 4 is 26.7 Å². The maximum Gasteiger partial charge on any atom is 0.183 e. The molecule has 1 aliphatic heterocycles. The van der Waals surface area contributed by atoms with Crippen LogP contribution in [-0.2, 0) is 5.41 Å². The van der Waals surface area contributed by atoms with Gasteiger partial charge < -0.3 is 20.5 Å². The molecule has 1 fully saturated rings. The van der Waals surface area contributed by atoms with Crippen LogP contribution in [0.1, 0.15) is 37.7 Å². The lowest BCUT2D eigenvalue weighted by Crippen LogP contribution is -2.40. The number of nitrogens with one attached hydrogen (secondary N) is 2. The molecule has 0 spiro atoms. The second-order valence-corrected chi connectivity index (χ2v) is 8.93. The van der Waals surface area contributed by atoms with E-state index in [4.69, 9.17) is 9.72 Å². The zero-order valence-corrected chi connectivity index (χ0v) is 18.0. The van der Waals surface area contributed by atoms with Crippen molar-refractivity contribution in [1.29, 1.82) is 0 Å². The van der Waals surface area contributed by atoms with Gasteiger partial charge in [-0.25, -0.2) is 9.37 Å². The van der Waals surface area contributed by atoms with Crippen molar-refractivity contribution in [1.82, 2.24) is 10.3 Å². The van der Waals surface area contributed by atoms with Gasteiger partial charge in [-0.05, 0) is 87.2 Å². The fourth-order valence-corrected chi connectivity index (χ4v) is 5.25. The molecule has 7 heteroatoms. The number of fused-ring (bicyclic) bond motifs is 1. The Labute approximate surface area is 180 Å². The van der Waals surface area contributed by atoms with Gasteiger partial charge in [0.25, 0.3) is 0 Å². The number of piperidine rings is 1. The summed E-state index contributed by atoms with van der Waals surface area (Å²) in [6.07, 6.45) is 5.01. The molecule has 0 bridgehead atoms. The van der Waals surface area contributed by atoms with Gasteiger partial charge in [0.15, 0.2) is 5.13 Å². The van der Waals surface area contributed by atoms with E-state index in [2.05, 4.69) is 10.6 Å². The van der Waals surface area contributed by atoms with Gasteiger partial charge in [-0.1, -0.05) is 11.3 Å². The Bertz CT molecular complexity index is 984. The van der Waals surface area contributed by atoms with Crippen LogP contribution in [0.15, 0.2) is 36.4 Å². The fraction of sp³-hybridized carbons (Fsp3) is 0.435. The summed E-state index contributed by atoms with van der Waals surface area (Å²) in [6.45, 7) is 2.54. The molecule has 0 atom stereocenters. The number of rotatable bonds is 8. The monoisotopic (exact) mass is 429 g/mol. The van der Waals surface area contributed by atoms with E-state index in [1.54, 1.807) is 23.5 Å². The maximum absolute atomic E-state index is 13.0. The summed E-state index contributed by atoms with van der Waals surface area (Å²) < 4.78 is 19.8. The summed E-state index contributed by atoms with van der Waals surface area (Å²) in [5.74, 6) is 0.752. The topological polar surface area (TPSA) is 66.4 Å². The predicted molar refractivity (Wildman–Crippen MR) is 120 cm³/mol. The van der Waals surface area contributed by atoms with Gasteiger partial charge in [0.1, 0.15) is 17.3 Å². The van der Waals surface area contributed by atoms with Gasteiger partial charge in [0, 0.05) is 12.5 Å². The quantitative estimate of drug-likeness (QED) is 0.437. The molecule has 1 aromatic heterocycles. The molecule has 0 aliphatic carbocycles. The summed E-state index contributed by atoms with van der Waals surface area (Å²) >= 11 is 1.57. The van der Waals surface area contributed by atoms with Crippen molar-refractivity contribution in [3.05, 3.63) is 47.8 Å². The van der Waals surface area contributed by atoms with Crippen LogP contribution in [0, 0.1) is 5.82 Å². The largest absolute Gasteiger partial charge is 0.508 e. The molecule has 2 heterocycles. The molecule has 2 aromatic carbocycles. The number of phenolic OH excluding ortho intramolecular Hbond substituents is 1. The highest BCUT2D eigenvalue weighted by molar-refractivity contribution is 7.22. The molecule has 160 valence electrons. The average Bonchev–Trinajstić information content (AvgIpc) is 3.18. The zero-order chi connectivity index (χ0) is 21.0. The molecule has 1 aliphatic rings. The lowest BCUT2D eigenvalue weighted by molar-refractivity contribution is 0.259. The number of nitrogens with zero attached hydrogens (tertiary/aromatic N) is 1. The van der Waals surface area contributed by atoms with Crippen LogP contribution < -0.4 is 15.4 Å². The first-order valence-corrected chi connectivity index (χ1v) is 11.3. The molecular formula is C23H28FN3O2S. The van der Waals surface area contributed by atoms with E-state index in [-0.39, 0.29) is 11.2 Å². The molecule has 4 rings (SSSR count). The SMILES string of the molecule is CNc1nc2c(C3(CCCCOc4ccc(F)cc4)CCNCC3)cc(O)cc2s1. The lowest BCUT2D eigenvalue weighted by atomic mass is 9.69. The zero-order valence-electron chi connectivity index (χ0n) is 17.2. The highest BCUT2D eigenvalue weighted by Crippen LogP contribution is 2.44. The number of unbranched alkanes of at least 4 members (excludes halogenated alkanes) is 1. The van der Waals surface area contributed by atoms with E-state index in [1.807, 2.05) is 19.2 Å². The normalized spacial score (nSPS) is 15.9. The lowest BCUT2D eigenvalue weighted by Gasteiger charge is -2.38. The van der Waals surface area contributed by atoms with Crippen molar-refractivity contribution in [2.75, 3.05) is 32.1 Å². The van der Waals surface area contributed by atoms with Gasteiger partial charge in [-0.2, -0.15) is 0 Å². The number of aromatic nitrogens is 1. The maximum atomic E-state index is 13.0.